The minimum absolute atomic E-state index is 1.19. The normalized spacial score (nSPS) is 12.1. The Hall–Kier alpha value is 0.950. The summed E-state index contributed by atoms with van der Waals surface area (Å²) in [5.41, 5.74) is 0. The highest BCUT2D eigenvalue weighted by Gasteiger charge is 1.86. The van der Waals surface area contributed by atoms with E-state index in [2.05, 4.69) is 49.5 Å². The second-order valence-electron chi connectivity index (χ2n) is 1.66. The first-order valence-electron chi connectivity index (χ1n) is 2.76. The van der Waals surface area contributed by atoms with E-state index in [-0.39, 0.29) is 0 Å². The van der Waals surface area contributed by atoms with Gasteiger partial charge in [0.2, 0.25) is 0 Å². The first-order chi connectivity index (χ1) is 3.81. The van der Waals surface area contributed by atoms with Crippen molar-refractivity contribution in [3.63, 3.8) is 0 Å². The molecule has 0 heterocycles. The molecule has 2 heteroatoms. The van der Waals surface area contributed by atoms with Crippen LogP contribution in [0, 0.1) is 0 Å². The molecular weight excluding hydrogens is 279 g/mol. The molecule has 0 aromatic carbocycles. The SMILES string of the molecule is CCCCC(Br)=CI. The fourth-order valence-electron chi connectivity index (χ4n) is 0.400. The summed E-state index contributed by atoms with van der Waals surface area (Å²) in [4.78, 5) is 0. The van der Waals surface area contributed by atoms with Gasteiger partial charge in [-0.1, -0.05) is 51.9 Å². The van der Waals surface area contributed by atoms with Gasteiger partial charge in [0.05, 0.1) is 0 Å². The summed E-state index contributed by atoms with van der Waals surface area (Å²) in [6.45, 7) is 2.20. The van der Waals surface area contributed by atoms with Crippen molar-refractivity contribution in [2.45, 2.75) is 26.2 Å². The fraction of sp³-hybridized carbons (Fsp3) is 0.667. The van der Waals surface area contributed by atoms with Gasteiger partial charge < -0.3 is 0 Å². The number of allylic oxidation sites excluding steroid dienone is 1. The lowest BCUT2D eigenvalue weighted by Crippen LogP contribution is -1.69. The third-order valence-corrected chi connectivity index (χ3v) is 3.12. The van der Waals surface area contributed by atoms with E-state index in [4.69, 9.17) is 0 Å². The zero-order chi connectivity index (χ0) is 6.41. The van der Waals surface area contributed by atoms with Crippen LogP contribution in [0.5, 0.6) is 0 Å². The molecule has 0 unspecified atom stereocenters. The van der Waals surface area contributed by atoms with Crippen molar-refractivity contribution >= 4 is 38.5 Å². The van der Waals surface area contributed by atoms with Crippen molar-refractivity contribution in [2.75, 3.05) is 0 Å². The van der Waals surface area contributed by atoms with E-state index < -0.39 is 0 Å². The molecule has 0 bridgehead atoms. The third-order valence-electron chi connectivity index (χ3n) is 0.888. The molecule has 0 aliphatic heterocycles. The van der Waals surface area contributed by atoms with Crippen molar-refractivity contribution < 1.29 is 0 Å². The lowest BCUT2D eigenvalue weighted by Gasteiger charge is -1.91. The molecule has 0 fully saturated rings. The van der Waals surface area contributed by atoms with Gasteiger partial charge in [-0.05, 0) is 16.9 Å². The smallest absolute Gasteiger partial charge is 0.00112 e. The number of hydrogen-bond acceptors (Lipinski definition) is 0. The van der Waals surface area contributed by atoms with Crippen molar-refractivity contribution in [3.05, 3.63) is 8.57 Å². The minimum Gasteiger partial charge on any atom is -0.0654 e. The average molecular weight is 289 g/mol. The van der Waals surface area contributed by atoms with Gasteiger partial charge in [0, 0.05) is 4.48 Å². The lowest BCUT2D eigenvalue weighted by molar-refractivity contribution is 0.811. The average Bonchev–Trinajstić information content (AvgIpc) is 1.83. The summed E-state index contributed by atoms with van der Waals surface area (Å²) >= 11 is 5.68. The Balaban J connectivity index is 3.12. The molecule has 0 spiro atoms. The molecule has 0 saturated heterocycles. The zero-order valence-electron chi connectivity index (χ0n) is 4.95. The Morgan fingerprint density at radius 1 is 1.75 bits per heavy atom. The monoisotopic (exact) mass is 288 g/mol. The van der Waals surface area contributed by atoms with Crippen molar-refractivity contribution in [1.29, 1.82) is 0 Å². The Labute approximate surface area is 73.0 Å². The highest BCUT2D eigenvalue weighted by molar-refractivity contribution is 14.1. The molecular formula is C6H10BrI. The maximum Gasteiger partial charge on any atom is 0.00112 e. The van der Waals surface area contributed by atoms with Crippen LogP contribution in [-0.4, -0.2) is 0 Å². The molecule has 0 nitrogen and oxygen atoms in total. The first kappa shape index (κ1) is 8.95. The summed E-state index contributed by atoms with van der Waals surface area (Å²) in [6.07, 6.45) is 3.76. The highest BCUT2D eigenvalue weighted by Crippen LogP contribution is 2.15. The molecule has 48 valence electrons. The van der Waals surface area contributed by atoms with E-state index in [0.29, 0.717) is 0 Å². The molecule has 0 aliphatic rings. The molecule has 0 rings (SSSR count). The van der Waals surface area contributed by atoms with E-state index in [1.165, 1.54) is 23.7 Å². The largest absolute Gasteiger partial charge is 0.0654 e. The van der Waals surface area contributed by atoms with Gasteiger partial charge in [-0.2, -0.15) is 0 Å². The highest BCUT2D eigenvalue weighted by atomic mass is 127. The molecule has 0 amide bonds. The van der Waals surface area contributed by atoms with E-state index in [1.54, 1.807) is 0 Å². The summed E-state index contributed by atoms with van der Waals surface area (Å²) in [5, 5.41) is 0. The second kappa shape index (κ2) is 6.08. The summed E-state index contributed by atoms with van der Waals surface area (Å²) < 4.78 is 3.40. The van der Waals surface area contributed by atoms with Gasteiger partial charge >= 0.3 is 0 Å². The van der Waals surface area contributed by atoms with Crippen molar-refractivity contribution in [1.82, 2.24) is 0 Å². The second-order valence-corrected chi connectivity index (χ2v) is 3.30. The van der Waals surface area contributed by atoms with Crippen LogP contribution in [0.1, 0.15) is 26.2 Å². The summed E-state index contributed by atoms with van der Waals surface area (Å²) in [7, 11) is 0. The quantitative estimate of drug-likeness (QED) is 0.692. The molecule has 0 atom stereocenters. The van der Waals surface area contributed by atoms with Crippen molar-refractivity contribution in [3.8, 4) is 0 Å². The van der Waals surface area contributed by atoms with Crippen LogP contribution in [0.2, 0.25) is 0 Å². The van der Waals surface area contributed by atoms with Crippen LogP contribution in [0.25, 0.3) is 0 Å². The van der Waals surface area contributed by atoms with Crippen LogP contribution in [-0.2, 0) is 0 Å². The van der Waals surface area contributed by atoms with Gasteiger partial charge in [-0.25, -0.2) is 0 Å². The van der Waals surface area contributed by atoms with Crippen LogP contribution < -0.4 is 0 Å². The number of hydrogen-bond donors (Lipinski definition) is 0. The molecule has 8 heavy (non-hydrogen) atoms. The van der Waals surface area contributed by atoms with Crippen LogP contribution in [0.4, 0.5) is 0 Å². The van der Waals surface area contributed by atoms with Crippen molar-refractivity contribution in [2.24, 2.45) is 0 Å². The van der Waals surface area contributed by atoms with Crippen LogP contribution >= 0.6 is 38.5 Å². The minimum atomic E-state index is 1.19. The molecule has 0 saturated carbocycles. The predicted molar refractivity (Wildman–Crippen MR) is 50.6 cm³/mol. The Kier molecular flexibility index (Phi) is 6.80. The molecule has 0 aliphatic carbocycles. The number of halogens is 2. The molecule has 0 radical (unpaired) electrons. The molecule has 0 N–H and O–H groups in total. The van der Waals surface area contributed by atoms with Gasteiger partial charge in [-0.3, -0.25) is 0 Å². The Morgan fingerprint density at radius 2 is 2.38 bits per heavy atom. The maximum absolute atomic E-state index is 3.43. The van der Waals surface area contributed by atoms with E-state index in [0.717, 1.165) is 0 Å². The topological polar surface area (TPSA) is 0 Å². The van der Waals surface area contributed by atoms with Gasteiger partial charge in [-0.15, -0.1) is 0 Å². The standard InChI is InChI=1S/C6H10BrI/c1-2-3-4-6(7)5-8/h5H,2-4H2,1H3. The van der Waals surface area contributed by atoms with Gasteiger partial charge in [0.1, 0.15) is 0 Å². The van der Waals surface area contributed by atoms with Gasteiger partial charge in [0.25, 0.3) is 0 Å². The number of unbranched alkanes of at least 4 members (excludes halogenated alkanes) is 1. The summed E-state index contributed by atoms with van der Waals surface area (Å²) in [6, 6.07) is 0. The molecule has 0 aromatic heterocycles. The number of rotatable bonds is 3. The third kappa shape index (κ3) is 5.09. The first-order valence-corrected chi connectivity index (χ1v) is 4.80. The van der Waals surface area contributed by atoms with Crippen LogP contribution in [0.3, 0.4) is 0 Å². The lowest BCUT2D eigenvalue weighted by atomic mass is 10.2. The fourth-order valence-corrected chi connectivity index (χ4v) is 0.992. The van der Waals surface area contributed by atoms with Crippen LogP contribution in [0.15, 0.2) is 8.57 Å². The van der Waals surface area contributed by atoms with E-state index in [1.807, 2.05) is 0 Å². The summed E-state index contributed by atoms with van der Waals surface area (Å²) in [5.74, 6) is 0. The Bertz CT molecular complexity index is 78.6. The van der Waals surface area contributed by atoms with Gasteiger partial charge in [0.15, 0.2) is 0 Å². The Morgan fingerprint density at radius 3 is 2.75 bits per heavy atom. The molecule has 0 aromatic rings. The maximum atomic E-state index is 3.43. The predicted octanol–water partition coefficient (Wildman–Crippen LogP) is 3.85. The zero-order valence-corrected chi connectivity index (χ0v) is 8.70. The van der Waals surface area contributed by atoms with E-state index in [9.17, 15) is 0 Å². The van der Waals surface area contributed by atoms with E-state index >= 15 is 0 Å².